The van der Waals surface area contributed by atoms with E-state index in [-0.39, 0.29) is 18.2 Å². The zero-order valence-corrected chi connectivity index (χ0v) is 11.4. The van der Waals surface area contributed by atoms with E-state index in [0.29, 0.717) is 16.3 Å². The number of thiazole rings is 1. The summed E-state index contributed by atoms with van der Waals surface area (Å²) in [6, 6.07) is 7.07. The van der Waals surface area contributed by atoms with Crippen molar-refractivity contribution in [2.24, 2.45) is 0 Å². The van der Waals surface area contributed by atoms with Crippen LogP contribution < -0.4 is 5.32 Å². The number of amides is 1. The highest BCUT2D eigenvalue weighted by Crippen LogP contribution is 2.30. The van der Waals surface area contributed by atoms with E-state index in [2.05, 4.69) is 10.3 Å². The van der Waals surface area contributed by atoms with E-state index in [1.807, 2.05) is 0 Å². The average Bonchev–Trinajstić information content (AvgIpc) is 2.89. The van der Waals surface area contributed by atoms with Crippen molar-refractivity contribution in [1.82, 2.24) is 4.98 Å². The lowest BCUT2D eigenvalue weighted by atomic mass is 10.2. The number of carbonyl (C=O) groups excluding carboxylic acids is 1. The van der Waals surface area contributed by atoms with Crippen molar-refractivity contribution in [2.45, 2.75) is 0 Å². The zero-order valence-electron chi connectivity index (χ0n) is 10.6. The molecule has 0 radical (unpaired) electrons. The van der Waals surface area contributed by atoms with Crippen LogP contribution in [0.5, 0.6) is 0 Å². The number of methoxy groups -OCH3 is 1. The van der Waals surface area contributed by atoms with E-state index in [0.717, 1.165) is 0 Å². The van der Waals surface area contributed by atoms with Crippen LogP contribution in [0.15, 0.2) is 29.6 Å². The highest BCUT2D eigenvalue weighted by molar-refractivity contribution is 7.13. The first-order valence-electron chi connectivity index (χ1n) is 5.69. The molecule has 1 aromatic carbocycles. The van der Waals surface area contributed by atoms with E-state index < -0.39 is 5.97 Å². The molecule has 1 aromatic heterocycles. The fourth-order valence-corrected chi connectivity index (χ4v) is 2.42. The summed E-state index contributed by atoms with van der Waals surface area (Å²) in [7, 11) is 1.44. The van der Waals surface area contributed by atoms with E-state index in [1.54, 1.807) is 24.3 Å². The number of aromatic nitrogens is 1. The highest BCUT2D eigenvalue weighted by Gasteiger charge is 2.14. The molecule has 0 aliphatic carbocycles. The fraction of sp³-hybridized carbons (Fsp3) is 0.154. The Morgan fingerprint density at radius 2 is 2.15 bits per heavy atom. The van der Waals surface area contributed by atoms with Crippen molar-refractivity contribution >= 4 is 28.9 Å². The van der Waals surface area contributed by atoms with Crippen LogP contribution >= 0.6 is 11.3 Å². The first-order chi connectivity index (χ1) is 9.61. The van der Waals surface area contributed by atoms with Crippen LogP contribution in [-0.4, -0.2) is 35.7 Å². The Morgan fingerprint density at radius 1 is 1.40 bits per heavy atom. The Hall–Kier alpha value is -2.25. The van der Waals surface area contributed by atoms with Crippen LogP contribution in [0.25, 0.3) is 10.6 Å². The summed E-state index contributed by atoms with van der Waals surface area (Å²) >= 11 is 1.21. The first kappa shape index (κ1) is 14.2. The normalized spacial score (nSPS) is 10.2. The Balaban J connectivity index is 2.31. The molecule has 0 fully saturated rings. The van der Waals surface area contributed by atoms with Crippen molar-refractivity contribution in [2.75, 3.05) is 19.0 Å². The number of carboxylic acid groups (broad SMARTS) is 1. The third-order valence-corrected chi connectivity index (χ3v) is 3.31. The van der Waals surface area contributed by atoms with E-state index in [1.165, 1.54) is 23.8 Å². The van der Waals surface area contributed by atoms with Gasteiger partial charge in [-0.15, -0.1) is 11.3 Å². The van der Waals surface area contributed by atoms with Gasteiger partial charge in [0, 0.05) is 18.1 Å². The molecular formula is C13H12N2O4S. The topological polar surface area (TPSA) is 88.5 Å². The van der Waals surface area contributed by atoms with Crippen molar-refractivity contribution in [3.8, 4) is 10.6 Å². The Labute approximate surface area is 119 Å². The second-order valence-electron chi connectivity index (χ2n) is 3.87. The number of nitrogens with zero attached hydrogens (tertiary/aromatic N) is 1. The fourth-order valence-electron chi connectivity index (χ4n) is 1.59. The van der Waals surface area contributed by atoms with Gasteiger partial charge in [-0.25, -0.2) is 9.78 Å². The van der Waals surface area contributed by atoms with Crippen LogP contribution in [0.3, 0.4) is 0 Å². The monoisotopic (exact) mass is 292 g/mol. The lowest BCUT2D eigenvalue weighted by Crippen LogP contribution is -2.17. The molecule has 1 heterocycles. The molecule has 0 saturated carbocycles. The standard InChI is InChI=1S/C13H12N2O4S/c1-19-6-11(16)14-9-5-3-2-4-8(9)12-15-10(7-20-12)13(17)18/h2-5,7H,6H2,1H3,(H,14,16)(H,17,18). The largest absolute Gasteiger partial charge is 0.476 e. The van der Waals surface area contributed by atoms with Gasteiger partial charge in [0.05, 0.1) is 5.69 Å². The summed E-state index contributed by atoms with van der Waals surface area (Å²) in [4.78, 5) is 26.4. The molecule has 1 amide bonds. The van der Waals surface area contributed by atoms with E-state index in [4.69, 9.17) is 9.84 Å². The predicted octanol–water partition coefficient (Wildman–Crippen LogP) is 2.09. The van der Waals surface area contributed by atoms with E-state index in [9.17, 15) is 9.59 Å². The molecule has 20 heavy (non-hydrogen) atoms. The van der Waals surface area contributed by atoms with Crippen LogP contribution in [0.4, 0.5) is 5.69 Å². The number of aromatic carboxylic acids is 1. The van der Waals surface area contributed by atoms with E-state index >= 15 is 0 Å². The van der Waals surface area contributed by atoms with Gasteiger partial charge in [-0.2, -0.15) is 0 Å². The Morgan fingerprint density at radius 3 is 2.80 bits per heavy atom. The van der Waals surface area contributed by atoms with Gasteiger partial charge in [0.25, 0.3) is 0 Å². The summed E-state index contributed by atoms with van der Waals surface area (Å²) in [5, 5.41) is 13.6. The molecule has 7 heteroatoms. The summed E-state index contributed by atoms with van der Waals surface area (Å²) in [5.74, 6) is -1.36. The number of carboxylic acids is 1. The van der Waals surface area contributed by atoms with Gasteiger partial charge in [-0.1, -0.05) is 12.1 Å². The van der Waals surface area contributed by atoms with Crippen LogP contribution in [0.2, 0.25) is 0 Å². The minimum absolute atomic E-state index is 0.0111. The van der Waals surface area contributed by atoms with Crippen molar-refractivity contribution < 1.29 is 19.4 Å². The van der Waals surface area contributed by atoms with Crippen LogP contribution in [0.1, 0.15) is 10.5 Å². The minimum Gasteiger partial charge on any atom is -0.476 e. The summed E-state index contributed by atoms with van der Waals surface area (Å²) < 4.78 is 4.75. The molecule has 0 atom stereocenters. The lowest BCUT2D eigenvalue weighted by Gasteiger charge is -2.08. The average molecular weight is 292 g/mol. The molecule has 2 rings (SSSR count). The summed E-state index contributed by atoms with van der Waals surface area (Å²) in [5.41, 5.74) is 1.23. The number of benzene rings is 1. The molecule has 104 valence electrons. The molecule has 2 N–H and O–H groups in total. The third kappa shape index (κ3) is 3.19. The van der Waals surface area contributed by atoms with Gasteiger partial charge in [0.1, 0.15) is 11.6 Å². The van der Waals surface area contributed by atoms with Crippen molar-refractivity contribution in [1.29, 1.82) is 0 Å². The van der Waals surface area contributed by atoms with Gasteiger partial charge in [-0.05, 0) is 12.1 Å². The number of ether oxygens (including phenoxy) is 1. The van der Waals surface area contributed by atoms with Gasteiger partial charge in [0.15, 0.2) is 5.69 Å². The highest BCUT2D eigenvalue weighted by atomic mass is 32.1. The SMILES string of the molecule is COCC(=O)Nc1ccccc1-c1nc(C(=O)O)cs1. The number of hydrogen-bond acceptors (Lipinski definition) is 5. The third-order valence-electron chi connectivity index (χ3n) is 2.43. The number of para-hydroxylation sites is 1. The molecule has 0 spiro atoms. The number of carbonyl (C=O) groups is 2. The summed E-state index contributed by atoms with van der Waals surface area (Å²) in [6.07, 6.45) is 0. The molecular weight excluding hydrogens is 280 g/mol. The van der Waals surface area contributed by atoms with Gasteiger partial charge in [-0.3, -0.25) is 4.79 Å². The maximum absolute atomic E-state index is 11.6. The second kappa shape index (κ2) is 6.27. The number of rotatable bonds is 5. The Bertz CT molecular complexity index is 639. The zero-order chi connectivity index (χ0) is 14.5. The van der Waals surface area contributed by atoms with Gasteiger partial charge < -0.3 is 15.2 Å². The smallest absolute Gasteiger partial charge is 0.355 e. The van der Waals surface area contributed by atoms with Crippen molar-refractivity contribution in [3.63, 3.8) is 0 Å². The molecule has 2 aromatic rings. The maximum Gasteiger partial charge on any atom is 0.355 e. The first-order valence-corrected chi connectivity index (χ1v) is 6.57. The van der Waals surface area contributed by atoms with Gasteiger partial charge in [0.2, 0.25) is 5.91 Å². The lowest BCUT2D eigenvalue weighted by molar-refractivity contribution is -0.119. The number of anilines is 1. The number of nitrogens with one attached hydrogen (secondary N) is 1. The van der Waals surface area contributed by atoms with Crippen LogP contribution in [-0.2, 0) is 9.53 Å². The van der Waals surface area contributed by atoms with Gasteiger partial charge >= 0.3 is 5.97 Å². The molecule has 0 unspecified atom stereocenters. The quantitative estimate of drug-likeness (QED) is 0.881. The second-order valence-corrected chi connectivity index (χ2v) is 4.73. The van der Waals surface area contributed by atoms with Crippen LogP contribution in [0, 0.1) is 0 Å². The molecule has 0 saturated heterocycles. The molecule has 6 nitrogen and oxygen atoms in total. The molecule has 0 bridgehead atoms. The number of hydrogen-bond donors (Lipinski definition) is 2. The predicted molar refractivity (Wildman–Crippen MR) is 75.0 cm³/mol. The minimum atomic E-state index is -1.08. The van der Waals surface area contributed by atoms with Crippen molar-refractivity contribution in [3.05, 3.63) is 35.3 Å². The molecule has 0 aliphatic rings. The maximum atomic E-state index is 11.6. The molecule has 0 aliphatic heterocycles. The summed E-state index contributed by atoms with van der Waals surface area (Å²) in [6.45, 7) is -0.0490. The Kier molecular flexibility index (Phi) is 4.44.